The van der Waals surface area contributed by atoms with Gasteiger partial charge in [-0.1, -0.05) is 13.3 Å². The van der Waals surface area contributed by atoms with Gasteiger partial charge in [-0.05, 0) is 39.8 Å². The van der Waals surface area contributed by atoms with Crippen molar-refractivity contribution >= 4 is 0 Å². The van der Waals surface area contributed by atoms with E-state index in [0.717, 1.165) is 5.92 Å². The Kier molecular flexibility index (Phi) is 3.74. The Morgan fingerprint density at radius 3 is 2.62 bits per heavy atom. The first-order chi connectivity index (χ1) is 6.07. The van der Waals surface area contributed by atoms with E-state index in [1.807, 2.05) is 7.05 Å². The second kappa shape index (κ2) is 4.43. The molecule has 0 aliphatic carbocycles. The maximum atomic E-state index is 3.36. The second-order valence-corrected chi connectivity index (χ2v) is 4.93. The van der Waals surface area contributed by atoms with Crippen molar-refractivity contribution in [1.29, 1.82) is 0 Å². The van der Waals surface area contributed by atoms with Gasteiger partial charge in [0.25, 0.3) is 0 Å². The smallest absolute Gasteiger partial charge is 0.0249 e. The number of nitrogens with one attached hydrogen (secondary N) is 1. The van der Waals surface area contributed by atoms with Gasteiger partial charge in [-0.25, -0.2) is 0 Å². The Morgan fingerprint density at radius 2 is 2.15 bits per heavy atom. The molecule has 2 nitrogen and oxygen atoms in total. The Hall–Kier alpha value is -0.0800. The van der Waals surface area contributed by atoms with Crippen molar-refractivity contribution in [3.8, 4) is 0 Å². The van der Waals surface area contributed by atoms with E-state index in [1.165, 1.54) is 32.5 Å². The van der Waals surface area contributed by atoms with Crippen LogP contribution in [-0.4, -0.2) is 37.1 Å². The van der Waals surface area contributed by atoms with E-state index >= 15 is 0 Å². The van der Waals surface area contributed by atoms with E-state index in [9.17, 15) is 0 Å². The maximum Gasteiger partial charge on any atom is 0.0249 e. The Balaban J connectivity index is 2.31. The molecule has 1 unspecified atom stereocenters. The molecule has 0 aromatic rings. The fourth-order valence-electron chi connectivity index (χ4n) is 2.03. The van der Waals surface area contributed by atoms with Crippen molar-refractivity contribution in [3.63, 3.8) is 0 Å². The average molecular weight is 184 g/mol. The molecule has 1 N–H and O–H groups in total. The molecule has 1 aliphatic rings. The summed E-state index contributed by atoms with van der Waals surface area (Å²) in [5.74, 6) is 0.952. The van der Waals surface area contributed by atoms with Gasteiger partial charge >= 0.3 is 0 Å². The van der Waals surface area contributed by atoms with E-state index in [0.29, 0.717) is 0 Å². The SMILES string of the molecule is CCC1CCN(CC(C)(C)NC)C1. The predicted molar refractivity (Wildman–Crippen MR) is 58.0 cm³/mol. The minimum Gasteiger partial charge on any atom is -0.314 e. The minimum atomic E-state index is 0.266. The lowest BCUT2D eigenvalue weighted by atomic mass is 10.1. The topological polar surface area (TPSA) is 15.3 Å². The molecule has 1 aliphatic heterocycles. The number of rotatable bonds is 4. The van der Waals surface area contributed by atoms with Crippen LogP contribution in [0.4, 0.5) is 0 Å². The summed E-state index contributed by atoms with van der Waals surface area (Å²) in [6, 6.07) is 0. The van der Waals surface area contributed by atoms with Gasteiger partial charge in [0.1, 0.15) is 0 Å². The highest BCUT2D eigenvalue weighted by Crippen LogP contribution is 2.20. The summed E-state index contributed by atoms with van der Waals surface area (Å²) in [5, 5.41) is 3.36. The van der Waals surface area contributed by atoms with Gasteiger partial charge in [0, 0.05) is 18.6 Å². The van der Waals surface area contributed by atoms with Gasteiger partial charge in [-0.3, -0.25) is 0 Å². The summed E-state index contributed by atoms with van der Waals surface area (Å²) in [6.45, 7) is 10.6. The molecule has 1 fully saturated rings. The first kappa shape index (κ1) is 11.0. The molecule has 1 rings (SSSR count). The lowest BCUT2D eigenvalue weighted by Gasteiger charge is -2.29. The number of nitrogens with zero attached hydrogens (tertiary/aromatic N) is 1. The zero-order chi connectivity index (χ0) is 9.90. The summed E-state index contributed by atoms with van der Waals surface area (Å²) >= 11 is 0. The van der Waals surface area contributed by atoms with Crippen molar-refractivity contribution in [2.45, 2.75) is 39.2 Å². The van der Waals surface area contributed by atoms with Crippen LogP contribution in [0.15, 0.2) is 0 Å². The largest absolute Gasteiger partial charge is 0.314 e. The molecule has 1 saturated heterocycles. The normalized spacial score (nSPS) is 25.4. The zero-order valence-electron chi connectivity index (χ0n) is 9.56. The standard InChI is InChI=1S/C11H24N2/c1-5-10-6-7-13(8-10)9-11(2,3)12-4/h10,12H,5-9H2,1-4H3. The quantitative estimate of drug-likeness (QED) is 0.715. The van der Waals surface area contributed by atoms with Crippen LogP contribution < -0.4 is 5.32 Å². The Bertz CT molecular complexity index is 154. The van der Waals surface area contributed by atoms with Gasteiger partial charge in [-0.2, -0.15) is 0 Å². The number of likely N-dealkylation sites (tertiary alicyclic amines) is 1. The van der Waals surface area contributed by atoms with E-state index in [-0.39, 0.29) is 5.54 Å². The van der Waals surface area contributed by atoms with E-state index in [4.69, 9.17) is 0 Å². The highest BCUT2D eigenvalue weighted by Gasteiger charge is 2.25. The molecule has 2 heteroatoms. The molecule has 0 aromatic heterocycles. The molecule has 0 saturated carbocycles. The van der Waals surface area contributed by atoms with Crippen molar-refractivity contribution in [2.75, 3.05) is 26.7 Å². The van der Waals surface area contributed by atoms with Crippen molar-refractivity contribution in [3.05, 3.63) is 0 Å². The van der Waals surface area contributed by atoms with E-state index in [1.54, 1.807) is 0 Å². The summed E-state index contributed by atoms with van der Waals surface area (Å²) in [5.41, 5.74) is 0.266. The van der Waals surface area contributed by atoms with Crippen molar-refractivity contribution < 1.29 is 0 Å². The second-order valence-electron chi connectivity index (χ2n) is 4.93. The highest BCUT2D eigenvalue weighted by molar-refractivity contribution is 4.84. The van der Waals surface area contributed by atoms with Crippen LogP contribution in [0.1, 0.15) is 33.6 Å². The van der Waals surface area contributed by atoms with Crippen LogP contribution in [-0.2, 0) is 0 Å². The summed E-state index contributed by atoms with van der Waals surface area (Å²) < 4.78 is 0. The van der Waals surface area contributed by atoms with Gasteiger partial charge < -0.3 is 10.2 Å². The zero-order valence-corrected chi connectivity index (χ0v) is 9.56. The monoisotopic (exact) mass is 184 g/mol. The molecule has 0 spiro atoms. The lowest BCUT2D eigenvalue weighted by Crippen LogP contribution is -2.46. The third kappa shape index (κ3) is 3.28. The Morgan fingerprint density at radius 1 is 1.46 bits per heavy atom. The van der Waals surface area contributed by atoms with Crippen LogP contribution >= 0.6 is 0 Å². The van der Waals surface area contributed by atoms with Crippen molar-refractivity contribution in [2.24, 2.45) is 5.92 Å². The van der Waals surface area contributed by atoms with Gasteiger partial charge in [0.15, 0.2) is 0 Å². The van der Waals surface area contributed by atoms with E-state index < -0.39 is 0 Å². The van der Waals surface area contributed by atoms with Crippen LogP contribution in [0, 0.1) is 5.92 Å². The Labute approximate surface area is 82.7 Å². The number of likely N-dealkylation sites (N-methyl/N-ethyl adjacent to an activating group) is 1. The van der Waals surface area contributed by atoms with Crippen LogP contribution in [0.3, 0.4) is 0 Å². The van der Waals surface area contributed by atoms with Crippen LogP contribution in [0.25, 0.3) is 0 Å². The summed E-state index contributed by atoms with van der Waals surface area (Å²) in [6.07, 6.45) is 2.74. The minimum absolute atomic E-state index is 0.266. The molecule has 1 atom stereocenters. The lowest BCUT2D eigenvalue weighted by molar-refractivity contribution is 0.237. The summed E-state index contributed by atoms with van der Waals surface area (Å²) in [7, 11) is 2.05. The molecule has 78 valence electrons. The number of hydrogen-bond acceptors (Lipinski definition) is 2. The first-order valence-corrected chi connectivity index (χ1v) is 5.48. The van der Waals surface area contributed by atoms with Gasteiger partial charge in [-0.15, -0.1) is 0 Å². The molecule has 0 aromatic carbocycles. The predicted octanol–water partition coefficient (Wildman–Crippen LogP) is 1.72. The molecular formula is C11H24N2. The van der Waals surface area contributed by atoms with Gasteiger partial charge in [0.05, 0.1) is 0 Å². The van der Waals surface area contributed by atoms with E-state index in [2.05, 4.69) is 31.0 Å². The van der Waals surface area contributed by atoms with Crippen LogP contribution in [0.2, 0.25) is 0 Å². The molecule has 0 amide bonds. The van der Waals surface area contributed by atoms with Gasteiger partial charge in [0.2, 0.25) is 0 Å². The van der Waals surface area contributed by atoms with Crippen LogP contribution in [0.5, 0.6) is 0 Å². The molecular weight excluding hydrogens is 160 g/mol. The third-order valence-electron chi connectivity index (χ3n) is 3.24. The number of hydrogen-bond donors (Lipinski definition) is 1. The summed E-state index contributed by atoms with van der Waals surface area (Å²) in [4.78, 5) is 2.59. The first-order valence-electron chi connectivity index (χ1n) is 5.48. The molecule has 0 bridgehead atoms. The average Bonchev–Trinajstić information content (AvgIpc) is 2.52. The van der Waals surface area contributed by atoms with Crippen molar-refractivity contribution in [1.82, 2.24) is 10.2 Å². The molecule has 13 heavy (non-hydrogen) atoms. The third-order valence-corrected chi connectivity index (χ3v) is 3.24. The fraction of sp³-hybridized carbons (Fsp3) is 1.00. The maximum absolute atomic E-state index is 3.36. The molecule has 0 radical (unpaired) electrons. The molecule has 1 heterocycles. The highest BCUT2D eigenvalue weighted by atomic mass is 15.2. The fourth-order valence-corrected chi connectivity index (χ4v) is 2.03.